The third-order valence-corrected chi connectivity index (χ3v) is 1.63. The minimum Gasteiger partial charge on any atom is -0.294 e. The smallest absolute Gasteiger partial charge is 0.231 e. The molecule has 0 aliphatic rings. The first-order valence-electron chi connectivity index (χ1n) is 3.03. The van der Waals surface area contributed by atoms with Gasteiger partial charge in [-0.1, -0.05) is 13.3 Å². The van der Waals surface area contributed by atoms with E-state index in [9.17, 15) is 4.21 Å². The normalized spacial score (nSPS) is 17.2. The van der Waals surface area contributed by atoms with E-state index in [1.807, 2.05) is 13.8 Å². The molecular weight excluding hydrogens is 138 g/mol. The van der Waals surface area contributed by atoms with Crippen molar-refractivity contribution in [2.45, 2.75) is 32.7 Å². The van der Waals surface area contributed by atoms with Crippen molar-refractivity contribution in [1.82, 2.24) is 4.72 Å². The first kappa shape index (κ1) is 9.07. The Morgan fingerprint density at radius 1 is 1.78 bits per heavy atom. The van der Waals surface area contributed by atoms with Crippen LogP contribution in [0.25, 0.3) is 0 Å². The molecule has 2 N–H and O–H groups in total. The van der Waals surface area contributed by atoms with Gasteiger partial charge in [-0.15, -0.1) is 0 Å². The fourth-order valence-corrected chi connectivity index (χ4v) is 1.13. The molecule has 0 aliphatic carbocycles. The van der Waals surface area contributed by atoms with Crippen molar-refractivity contribution < 1.29 is 8.76 Å². The Balaban J connectivity index is 3.26. The third kappa shape index (κ3) is 5.95. The van der Waals surface area contributed by atoms with Crippen molar-refractivity contribution in [1.29, 1.82) is 0 Å². The maximum absolute atomic E-state index is 10.1. The zero-order valence-corrected chi connectivity index (χ0v) is 6.57. The maximum Gasteiger partial charge on any atom is 0.231 e. The van der Waals surface area contributed by atoms with Crippen LogP contribution in [0, 0.1) is 0 Å². The van der Waals surface area contributed by atoms with E-state index in [2.05, 4.69) is 4.72 Å². The van der Waals surface area contributed by atoms with Crippen LogP contribution in [0.15, 0.2) is 0 Å². The molecule has 9 heavy (non-hydrogen) atoms. The summed E-state index contributed by atoms with van der Waals surface area (Å²) in [6.45, 7) is 3.93. The third-order valence-electron chi connectivity index (χ3n) is 1.02. The second-order valence-electron chi connectivity index (χ2n) is 2.06. The first-order chi connectivity index (χ1) is 4.16. The monoisotopic (exact) mass is 151 g/mol. The molecule has 3 nitrogen and oxygen atoms in total. The lowest BCUT2D eigenvalue weighted by Crippen LogP contribution is -2.27. The van der Waals surface area contributed by atoms with Crippen LogP contribution >= 0.6 is 0 Å². The van der Waals surface area contributed by atoms with Gasteiger partial charge in [-0.2, -0.15) is 0 Å². The van der Waals surface area contributed by atoms with Crippen LogP contribution in [0.4, 0.5) is 0 Å². The van der Waals surface area contributed by atoms with Gasteiger partial charge < -0.3 is 0 Å². The predicted molar refractivity (Wildman–Crippen MR) is 38.3 cm³/mol. The number of nitrogens with one attached hydrogen (secondary N) is 1. The van der Waals surface area contributed by atoms with Crippen LogP contribution in [-0.2, 0) is 11.3 Å². The SMILES string of the molecule is CCCC(C)NS(=O)O. The van der Waals surface area contributed by atoms with Gasteiger partial charge in [-0.3, -0.25) is 4.55 Å². The highest BCUT2D eigenvalue weighted by molar-refractivity contribution is 7.77. The molecular formula is C5H13NO2S. The highest BCUT2D eigenvalue weighted by Crippen LogP contribution is 1.93. The Hall–Kier alpha value is 0.0700. The van der Waals surface area contributed by atoms with Gasteiger partial charge in [0.05, 0.1) is 0 Å². The highest BCUT2D eigenvalue weighted by atomic mass is 32.2. The van der Waals surface area contributed by atoms with Crippen LogP contribution in [0.2, 0.25) is 0 Å². The summed E-state index contributed by atoms with van der Waals surface area (Å²) in [7, 11) is 0. The molecule has 0 radical (unpaired) electrons. The van der Waals surface area contributed by atoms with Crippen molar-refractivity contribution in [3.63, 3.8) is 0 Å². The molecule has 0 aromatic rings. The van der Waals surface area contributed by atoms with E-state index in [0.29, 0.717) is 0 Å². The van der Waals surface area contributed by atoms with Gasteiger partial charge in [0.1, 0.15) is 0 Å². The molecule has 56 valence electrons. The van der Waals surface area contributed by atoms with Crippen LogP contribution in [0.1, 0.15) is 26.7 Å². The van der Waals surface area contributed by atoms with E-state index in [-0.39, 0.29) is 6.04 Å². The average molecular weight is 151 g/mol. The highest BCUT2D eigenvalue weighted by Gasteiger charge is 2.00. The van der Waals surface area contributed by atoms with E-state index in [1.54, 1.807) is 0 Å². The Morgan fingerprint density at radius 3 is 2.67 bits per heavy atom. The molecule has 0 saturated carbocycles. The average Bonchev–Trinajstić information content (AvgIpc) is 1.63. The van der Waals surface area contributed by atoms with Crippen molar-refractivity contribution >= 4 is 11.3 Å². The van der Waals surface area contributed by atoms with E-state index >= 15 is 0 Å². The Bertz CT molecular complexity index is 97.0. The number of hydrogen-bond donors (Lipinski definition) is 2. The molecule has 0 aromatic heterocycles. The van der Waals surface area contributed by atoms with E-state index in [0.717, 1.165) is 12.8 Å². The second kappa shape index (κ2) is 4.90. The van der Waals surface area contributed by atoms with Crippen molar-refractivity contribution in [3.05, 3.63) is 0 Å². The molecule has 0 aliphatic heterocycles. The Labute approximate surface area is 58.3 Å². The van der Waals surface area contributed by atoms with Gasteiger partial charge >= 0.3 is 0 Å². The first-order valence-corrected chi connectivity index (χ1v) is 4.14. The lowest BCUT2D eigenvalue weighted by molar-refractivity contribution is 0.519. The lowest BCUT2D eigenvalue weighted by Gasteiger charge is -2.06. The molecule has 0 heterocycles. The quantitative estimate of drug-likeness (QED) is 0.586. The molecule has 0 saturated heterocycles. The molecule has 2 unspecified atom stereocenters. The molecule has 4 heteroatoms. The summed E-state index contributed by atoms with van der Waals surface area (Å²) in [5.74, 6) is 0. The van der Waals surface area contributed by atoms with E-state index in [1.165, 1.54) is 0 Å². The van der Waals surface area contributed by atoms with Crippen molar-refractivity contribution in [2.75, 3.05) is 0 Å². The molecule has 0 bridgehead atoms. The minimum atomic E-state index is -1.85. The standard InChI is InChI=1S/C5H13NO2S/c1-3-4-5(2)6-9(7)8/h5-6H,3-4H2,1-2H3,(H,7,8). The van der Waals surface area contributed by atoms with Gasteiger partial charge in [0.15, 0.2) is 0 Å². The fourth-order valence-electron chi connectivity index (χ4n) is 0.664. The van der Waals surface area contributed by atoms with Gasteiger partial charge in [0.25, 0.3) is 0 Å². The summed E-state index contributed by atoms with van der Waals surface area (Å²) in [4.78, 5) is 0. The second-order valence-corrected chi connectivity index (χ2v) is 2.79. The van der Waals surface area contributed by atoms with Gasteiger partial charge in [0, 0.05) is 6.04 Å². The fraction of sp³-hybridized carbons (Fsp3) is 1.00. The lowest BCUT2D eigenvalue weighted by atomic mass is 10.2. The van der Waals surface area contributed by atoms with Crippen LogP contribution < -0.4 is 4.72 Å². The van der Waals surface area contributed by atoms with Gasteiger partial charge in [-0.25, -0.2) is 8.93 Å². The summed E-state index contributed by atoms with van der Waals surface area (Å²) in [5, 5.41) is 0. The molecule has 0 aromatic carbocycles. The Morgan fingerprint density at radius 2 is 2.33 bits per heavy atom. The zero-order valence-electron chi connectivity index (χ0n) is 5.76. The van der Waals surface area contributed by atoms with E-state index in [4.69, 9.17) is 4.55 Å². The summed E-state index contributed by atoms with van der Waals surface area (Å²) in [5.41, 5.74) is 0. The van der Waals surface area contributed by atoms with Crippen LogP contribution in [0.5, 0.6) is 0 Å². The zero-order chi connectivity index (χ0) is 7.28. The number of rotatable bonds is 4. The maximum atomic E-state index is 10.1. The minimum absolute atomic E-state index is 0.140. The summed E-state index contributed by atoms with van der Waals surface area (Å²) in [6.07, 6.45) is 1.97. The number of hydrogen-bond acceptors (Lipinski definition) is 1. The summed E-state index contributed by atoms with van der Waals surface area (Å²) >= 11 is -1.85. The van der Waals surface area contributed by atoms with Gasteiger partial charge in [-0.05, 0) is 13.3 Å². The molecule has 0 rings (SSSR count). The van der Waals surface area contributed by atoms with Crippen molar-refractivity contribution in [3.8, 4) is 0 Å². The molecule has 2 atom stereocenters. The largest absolute Gasteiger partial charge is 0.294 e. The Kier molecular flexibility index (Phi) is 4.94. The molecule has 0 amide bonds. The molecule has 0 fully saturated rings. The van der Waals surface area contributed by atoms with E-state index < -0.39 is 11.3 Å². The van der Waals surface area contributed by atoms with Crippen LogP contribution in [0.3, 0.4) is 0 Å². The van der Waals surface area contributed by atoms with Crippen molar-refractivity contribution in [2.24, 2.45) is 0 Å². The summed E-state index contributed by atoms with van der Waals surface area (Å²) in [6, 6.07) is 0.140. The topological polar surface area (TPSA) is 49.3 Å². The molecule has 0 spiro atoms. The predicted octanol–water partition coefficient (Wildman–Crippen LogP) is 0.901. The van der Waals surface area contributed by atoms with Gasteiger partial charge in [0.2, 0.25) is 11.3 Å². The summed E-state index contributed by atoms with van der Waals surface area (Å²) < 4.78 is 20.9. The van der Waals surface area contributed by atoms with Crippen LogP contribution in [-0.4, -0.2) is 14.8 Å².